The van der Waals surface area contributed by atoms with Gasteiger partial charge in [0.25, 0.3) is 0 Å². The molecule has 4 heteroatoms. The number of halogens is 1. The van der Waals surface area contributed by atoms with Gasteiger partial charge in [-0.05, 0) is 18.6 Å². The lowest BCUT2D eigenvalue weighted by Crippen LogP contribution is -2.25. The molecular weight excluding hydrogens is 284 g/mol. The Kier molecular flexibility index (Phi) is 4.71. The van der Waals surface area contributed by atoms with Crippen LogP contribution in [-0.2, 0) is 9.47 Å². The average molecular weight is 299 g/mol. The van der Waals surface area contributed by atoms with E-state index < -0.39 is 0 Å². The summed E-state index contributed by atoms with van der Waals surface area (Å²) in [6, 6.07) is 7.41. The van der Waals surface area contributed by atoms with Crippen molar-refractivity contribution in [2.24, 2.45) is 0 Å². The largest absolute Gasteiger partial charge is 0.353 e. The quantitative estimate of drug-likeness (QED) is 0.801. The van der Waals surface area contributed by atoms with Crippen molar-refractivity contribution >= 4 is 21.7 Å². The van der Waals surface area contributed by atoms with Gasteiger partial charge in [0.05, 0.1) is 13.2 Å². The molecule has 2 rings (SSSR count). The Labute approximate surface area is 109 Å². The fourth-order valence-electron chi connectivity index (χ4n) is 1.73. The van der Waals surface area contributed by atoms with E-state index in [1.165, 1.54) is 0 Å². The smallest absolute Gasteiger partial charge is 0.163 e. The third kappa shape index (κ3) is 3.91. The molecular formula is C13H15BrO3. The topological polar surface area (TPSA) is 35.5 Å². The summed E-state index contributed by atoms with van der Waals surface area (Å²) in [6.07, 6.45) is 1.83. The molecule has 0 bridgehead atoms. The Morgan fingerprint density at radius 2 is 1.88 bits per heavy atom. The number of carbonyl (C=O) groups excluding carboxylic acids is 1. The molecule has 0 radical (unpaired) electrons. The standard InChI is InChI=1S/C13H15BrO3/c14-11-4-2-10(3-5-11)12(15)6-7-13-16-8-1-9-17-13/h2-5,13H,1,6-9H2. The Morgan fingerprint density at radius 3 is 2.53 bits per heavy atom. The first-order valence-corrected chi connectivity index (χ1v) is 6.57. The molecule has 1 aliphatic heterocycles. The zero-order chi connectivity index (χ0) is 12.1. The van der Waals surface area contributed by atoms with Crippen molar-refractivity contribution in [3.05, 3.63) is 34.3 Å². The maximum atomic E-state index is 11.9. The summed E-state index contributed by atoms with van der Waals surface area (Å²) in [7, 11) is 0. The number of ether oxygens (including phenoxy) is 2. The number of rotatable bonds is 4. The van der Waals surface area contributed by atoms with Crippen LogP contribution in [0.1, 0.15) is 29.6 Å². The summed E-state index contributed by atoms with van der Waals surface area (Å²) >= 11 is 3.34. The van der Waals surface area contributed by atoms with Gasteiger partial charge in [-0.3, -0.25) is 4.79 Å². The van der Waals surface area contributed by atoms with E-state index in [1.54, 1.807) is 0 Å². The molecule has 0 amide bonds. The minimum absolute atomic E-state index is 0.135. The summed E-state index contributed by atoms with van der Waals surface area (Å²) in [5.74, 6) is 0.135. The Balaban J connectivity index is 1.82. The summed E-state index contributed by atoms with van der Waals surface area (Å²) < 4.78 is 11.8. The van der Waals surface area contributed by atoms with Crippen molar-refractivity contribution in [3.63, 3.8) is 0 Å². The molecule has 0 unspecified atom stereocenters. The highest BCUT2D eigenvalue weighted by Gasteiger charge is 2.16. The average Bonchev–Trinajstić information content (AvgIpc) is 2.38. The maximum Gasteiger partial charge on any atom is 0.163 e. The highest BCUT2D eigenvalue weighted by atomic mass is 79.9. The number of ketones is 1. The van der Waals surface area contributed by atoms with Crippen LogP contribution in [0.4, 0.5) is 0 Å². The van der Waals surface area contributed by atoms with E-state index in [0.717, 1.165) is 29.7 Å². The first-order valence-electron chi connectivity index (χ1n) is 5.78. The highest BCUT2D eigenvalue weighted by molar-refractivity contribution is 9.10. The fourth-order valence-corrected chi connectivity index (χ4v) is 2.00. The molecule has 1 fully saturated rings. The van der Waals surface area contributed by atoms with Gasteiger partial charge in [-0.15, -0.1) is 0 Å². The molecule has 1 aromatic carbocycles. The molecule has 1 aliphatic rings. The van der Waals surface area contributed by atoms with E-state index in [9.17, 15) is 4.79 Å². The van der Waals surface area contributed by atoms with Gasteiger partial charge < -0.3 is 9.47 Å². The number of Topliss-reactive ketones (excluding diaryl/α,β-unsaturated/α-hetero) is 1. The van der Waals surface area contributed by atoms with Crippen LogP contribution < -0.4 is 0 Å². The van der Waals surface area contributed by atoms with Gasteiger partial charge in [-0.25, -0.2) is 0 Å². The van der Waals surface area contributed by atoms with Crippen molar-refractivity contribution in [2.75, 3.05) is 13.2 Å². The molecule has 0 aliphatic carbocycles. The summed E-state index contributed by atoms with van der Waals surface area (Å²) in [4.78, 5) is 11.9. The van der Waals surface area contributed by atoms with Gasteiger partial charge in [0.15, 0.2) is 12.1 Å². The fraction of sp³-hybridized carbons (Fsp3) is 0.462. The van der Waals surface area contributed by atoms with Crippen LogP contribution in [0.3, 0.4) is 0 Å². The van der Waals surface area contributed by atoms with Crippen LogP contribution in [0.5, 0.6) is 0 Å². The van der Waals surface area contributed by atoms with Gasteiger partial charge in [-0.2, -0.15) is 0 Å². The zero-order valence-electron chi connectivity index (χ0n) is 9.52. The van der Waals surface area contributed by atoms with Crippen molar-refractivity contribution in [1.29, 1.82) is 0 Å². The van der Waals surface area contributed by atoms with Crippen LogP contribution >= 0.6 is 15.9 Å². The molecule has 17 heavy (non-hydrogen) atoms. The van der Waals surface area contributed by atoms with Crippen molar-refractivity contribution in [3.8, 4) is 0 Å². The van der Waals surface area contributed by atoms with Crippen molar-refractivity contribution < 1.29 is 14.3 Å². The molecule has 0 atom stereocenters. The summed E-state index contributed by atoms with van der Waals surface area (Å²) in [5.41, 5.74) is 0.740. The van der Waals surface area contributed by atoms with Crippen molar-refractivity contribution in [1.82, 2.24) is 0 Å². The second-order valence-electron chi connectivity index (χ2n) is 3.99. The van der Waals surface area contributed by atoms with Crippen LogP contribution in [0.15, 0.2) is 28.7 Å². The SMILES string of the molecule is O=C(CCC1OCCCO1)c1ccc(Br)cc1. The minimum Gasteiger partial charge on any atom is -0.353 e. The predicted molar refractivity (Wildman–Crippen MR) is 68.0 cm³/mol. The van der Waals surface area contributed by atoms with Crippen molar-refractivity contribution in [2.45, 2.75) is 25.6 Å². The minimum atomic E-state index is -0.205. The monoisotopic (exact) mass is 298 g/mol. The molecule has 0 saturated carbocycles. The lowest BCUT2D eigenvalue weighted by molar-refractivity contribution is -0.180. The van der Waals surface area contributed by atoms with E-state index in [0.29, 0.717) is 12.8 Å². The number of carbonyl (C=O) groups is 1. The predicted octanol–water partition coefficient (Wildman–Crippen LogP) is 3.18. The Bertz CT molecular complexity index is 369. The number of hydrogen-bond acceptors (Lipinski definition) is 3. The molecule has 92 valence electrons. The molecule has 0 spiro atoms. The first kappa shape index (κ1) is 12.7. The normalized spacial score (nSPS) is 17.0. The lowest BCUT2D eigenvalue weighted by Gasteiger charge is -2.22. The van der Waals surface area contributed by atoms with Crippen LogP contribution in [0.2, 0.25) is 0 Å². The van der Waals surface area contributed by atoms with E-state index in [-0.39, 0.29) is 12.1 Å². The molecule has 1 heterocycles. The first-order chi connectivity index (χ1) is 8.25. The number of hydrogen-bond donors (Lipinski definition) is 0. The summed E-state index contributed by atoms with van der Waals surface area (Å²) in [6.45, 7) is 1.47. The number of benzene rings is 1. The van der Waals surface area contributed by atoms with Gasteiger partial charge in [0.1, 0.15) is 0 Å². The van der Waals surface area contributed by atoms with Crippen LogP contribution in [0.25, 0.3) is 0 Å². The Morgan fingerprint density at radius 1 is 1.24 bits per heavy atom. The van der Waals surface area contributed by atoms with Gasteiger partial charge in [0.2, 0.25) is 0 Å². The highest BCUT2D eigenvalue weighted by Crippen LogP contribution is 2.15. The second-order valence-corrected chi connectivity index (χ2v) is 4.91. The molecule has 1 saturated heterocycles. The zero-order valence-corrected chi connectivity index (χ0v) is 11.1. The van der Waals surface area contributed by atoms with E-state index in [2.05, 4.69) is 15.9 Å². The molecule has 3 nitrogen and oxygen atoms in total. The second kappa shape index (κ2) is 6.28. The van der Waals surface area contributed by atoms with E-state index >= 15 is 0 Å². The molecule has 0 N–H and O–H groups in total. The van der Waals surface area contributed by atoms with Crippen LogP contribution in [-0.4, -0.2) is 25.3 Å². The van der Waals surface area contributed by atoms with Gasteiger partial charge in [0, 0.05) is 22.9 Å². The van der Waals surface area contributed by atoms with Gasteiger partial charge in [-0.1, -0.05) is 28.1 Å². The molecule has 0 aromatic heterocycles. The Hall–Kier alpha value is -0.710. The maximum absolute atomic E-state index is 11.9. The lowest BCUT2D eigenvalue weighted by atomic mass is 10.1. The molecule has 1 aromatic rings. The summed E-state index contributed by atoms with van der Waals surface area (Å²) in [5, 5.41) is 0. The van der Waals surface area contributed by atoms with E-state index in [1.807, 2.05) is 24.3 Å². The van der Waals surface area contributed by atoms with Crippen LogP contribution in [0, 0.1) is 0 Å². The third-order valence-electron chi connectivity index (χ3n) is 2.67. The van der Waals surface area contributed by atoms with E-state index in [4.69, 9.17) is 9.47 Å². The van der Waals surface area contributed by atoms with Gasteiger partial charge >= 0.3 is 0 Å². The third-order valence-corrected chi connectivity index (χ3v) is 3.20.